The number of fused-ring (bicyclic) bond motifs is 1. The van der Waals surface area contributed by atoms with E-state index in [4.69, 9.17) is 27.1 Å². The summed E-state index contributed by atoms with van der Waals surface area (Å²) in [5.41, 5.74) is 8.57. The van der Waals surface area contributed by atoms with E-state index in [-0.39, 0.29) is 30.4 Å². The van der Waals surface area contributed by atoms with Gasteiger partial charge >= 0.3 is 0 Å². The van der Waals surface area contributed by atoms with Gasteiger partial charge in [0.1, 0.15) is 0 Å². The van der Waals surface area contributed by atoms with Crippen molar-refractivity contribution in [3.63, 3.8) is 0 Å². The van der Waals surface area contributed by atoms with Crippen molar-refractivity contribution in [3.8, 4) is 11.1 Å². The Morgan fingerprint density at radius 3 is 2.91 bits per heavy atom. The van der Waals surface area contributed by atoms with Crippen LogP contribution in [0, 0.1) is 0 Å². The average molecular weight is 453 g/mol. The molecule has 0 spiro atoms. The number of guanidine groups is 1. The molecule has 0 bridgehead atoms. The molecule has 2 aliphatic heterocycles. The highest BCUT2D eigenvalue weighted by atomic mass is 35.5. The Morgan fingerprint density at radius 2 is 2.12 bits per heavy atom. The van der Waals surface area contributed by atoms with Gasteiger partial charge in [0.15, 0.2) is 11.6 Å². The Morgan fingerprint density at radius 1 is 1.28 bits per heavy atom. The molecule has 9 heteroatoms. The van der Waals surface area contributed by atoms with Gasteiger partial charge in [0.05, 0.1) is 29.3 Å². The van der Waals surface area contributed by atoms with Gasteiger partial charge in [-0.1, -0.05) is 29.8 Å². The third-order valence-electron chi connectivity index (χ3n) is 6.34. The number of benzene rings is 1. The average Bonchev–Trinajstić information content (AvgIpc) is 3.17. The molecule has 0 aliphatic carbocycles. The number of nitrogens with two attached hydrogens (primary N) is 1. The fourth-order valence-corrected chi connectivity index (χ4v) is 5.21. The van der Waals surface area contributed by atoms with Gasteiger partial charge in [-0.05, 0) is 38.3 Å². The summed E-state index contributed by atoms with van der Waals surface area (Å²) in [5, 5.41) is 4.89. The minimum atomic E-state index is -0.863. The maximum absolute atomic E-state index is 13.3. The van der Waals surface area contributed by atoms with E-state index in [0.717, 1.165) is 29.5 Å². The van der Waals surface area contributed by atoms with Gasteiger partial charge < -0.3 is 10.5 Å². The molecule has 0 saturated carbocycles. The number of nitrogens with zero attached hydrogens (tertiary/aromatic N) is 5. The fourth-order valence-electron chi connectivity index (χ4n) is 4.78. The molecule has 32 heavy (non-hydrogen) atoms. The van der Waals surface area contributed by atoms with E-state index >= 15 is 0 Å². The third-order valence-corrected chi connectivity index (χ3v) is 6.75. The summed E-state index contributed by atoms with van der Waals surface area (Å²) < 4.78 is 7.33. The Balaban J connectivity index is 1.54. The number of aliphatic imine (C=N–C) groups is 1. The van der Waals surface area contributed by atoms with Crippen LogP contribution in [0.4, 0.5) is 0 Å². The molecule has 3 aromatic rings. The van der Waals surface area contributed by atoms with Crippen LogP contribution in [0.1, 0.15) is 38.7 Å². The second-order valence-corrected chi connectivity index (χ2v) is 9.04. The van der Waals surface area contributed by atoms with Gasteiger partial charge in [-0.15, -0.1) is 0 Å². The van der Waals surface area contributed by atoms with Crippen LogP contribution >= 0.6 is 11.6 Å². The summed E-state index contributed by atoms with van der Waals surface area (Å²) in [4.78, 5) is 24.1. The molecule has 0 radical (unpaired) electrons. The minimum absolute atomic E-state index is 0.00575. The lowest BCUT2D eigenvalue weighted by molar-refractivity contribution is -0.133. The Bertz CT molecular complexity index is 1220. The highest BCUT2D eigenvalue weighted by Gasteiger charge is 2.42. The van der Waals surface area contributed by atoms with Crippen LogP contribution in [0.25, 0.3) is 16.8 Å². The summed E-state index contributed by atoms with van der Waals surface area (Å²) in [6.45, 7) is 4.53. The molecule has 5 rings (SSSR count). The lowest BCUT2D eigenvalue weighted by atomic mass is 9.85. The van der Waals surface area contributed by atoms with Crippen LogP contribution in [0.5, 0.6) is 0 Å². The van der Waals surface area contributed by atoms with E-state index in [1.807, 2.05) is 44.3 Å². The zero-order valence-electron chi connectivity index (χ0n) is 18.0. The van der Waals surface area contributed by atoms with Crippen LogP contribution < -0.4 is 5.73 Å². The maximum Gasteiger partial charge on any atom is 0.232 e. The standard InChI is InChI=1S/C23H25ClN6O2/c1-14-11-15(7-10-32-14)30-19(31)12-23(2,28-22(30)25)18-6-3-5-16(20(18)24)17-13-27-29-9-4-8-26-21(17)29/h3-6,8-9,13-15H,7,10-12H2,1-2H3,(H2,25,28)/t14-,15-,23-/m0/s1. The second-order valence-electron chi connectivity index (χ2n) is 8.66. The molecule has 0 unspecified atom stereocenters. The van der Waals surface area contributed by atoms with Crippen molar-refractivity contribution >= 4 is 29.1 Å². The molecular formula is C23H25ClN6O2. The molecule has 1 aromatic carbocycles. The van der Waals surface area contributed by atoms with Gasteiger partial charge in [-0.25, -0.2) is 14.5 Å². The van der Waals surface area contributed by atoms with E-state index in [2.05, 4.69) is 10.1 Å². The largest absolute Gasteiger partial charge is 0.378 e. The topological polar surface area (TPSA) is 98.1 Å². The number of hydrogen-bond acceptors (Lipinski definition) is 6. The molecule has 1 saturated heterocycles. The Labute approximate surface area is 191 Å². The van der Waals surface area contributed by atoms with Crippen molar-refractivity contribution in [3.05, 3.63) is 53.4 Å². The number of amides is 1. The summed E-state index contributed by atoms with van der Waals surface area (Å²) >= 11 is 6.91. The van der Waals surface area contributed by atoms with Crippen LogP contribution in [0.3, 0.4) is 0 Å². The van der Waals surface area contributed by atoms with E-state index in [9.17, 15) is 4.79 Å². The van der Waals surface area contributed by atoms with E-state index in [0.29, 0.717) is 17.3 Å². The number of halogens is 1. The van der Waals surface area contributed by atoms with E-state index in [1.54, 1.807) is 21.8 Å². The first kappa shape index (κ1) is 20.9. The molecule has 2 aliphatic rings. The molecule has 1 amide bonds. The number of carbonyl (C=O) groups excluding carboxylic acids is 1. The van der Waals surface area contributed by atoms with Crippen molar-refractivity contribution in [1.29, 1.82) is 0 Å². The van der Waals surface area contributed by atoms with Crippen molar-refractivity contribution in [1.82, 2.24) is 19.5 Å². The van der Waals surface area contributed by atoms with Crippen LogP contribution in [0.2, 0.25) is 5.02 Å². The molecule has 1 fully saturated rings. The number of aromatic nitrogens is 3. The predicted molar refractivity (Wildman–Crippen MR) is 122 cm³/mol. The molecule has 4 heterocycles. The first-order valence-electron chi connectivity index (χ1n) is 10.7. The normalized spacial score (nSPS) is 26.4. The molecule has 3 atom stereocenters. The fraction of sp³-hybridized carbons (Fsp3) is 0.391. The number of hydrogen-bond donors (Lipinski definition) is 1. The smallest absolute Gasteiger partial charge is 0.232 e. The Hall–Kier alpha value is -2.97. The SMILES string of the molecule is C[C@H]1C[C@@H](N2C(=O)C[C@@](C)(c3cccc(-c4cnn5cccnc45)c3Cl)N=C2N)CCO1. The highest BCUT2D eigenvalue weighted by Crippen LogP contribution is 2.42. The van der Waals surface area contributed by atoms with Gasteiger partial charge in [-0.3, -0.25) is 9.69 Å². The first-order valence-corrected chi connectivity index (χ1v) is 11.1. The minimum Gasteiger partial charge on any atom is -0.378 e. The first-order chi connectivity index (χ1) is 15.4. The van der Waals surface area contributed by atoms with Gasteiger partial charge in [-0.2, -0.15) is 5.10 Å². The highest BCUT2D eigenvalue weighted by molar-refractivity contribution is 6.34. The van der Waals surface area contributed by atoms with Crippen LogP contribution in [-0.2, 0) is 15.1 Å². The number of carbonyl (C=O) groups is 1. The lowest BCUT2D eigenvalue weighted by Gasteiger charge is -2.41. The number of rotatable bonds is 3. The van der Waals surface area contributed by atoms with Crippen molar-refractivity contribution in [2.75, 3.05) is 6.61 Å². The summed E-state index contributed by atoms with van der Waals surface area (Å²) in [6, 6.07) is 7.57. The van der Waals surface area contributed by atoms with Crippen LogP contribution in [0.15, 0.2) is 47.8 Å². The van der Waals surface area contributed by atoms with Gasteiger partial charge in [0.2, 0.25) is 5.91 Å². The predicted octanol–water partition coefficient (Wildman–Crippen LogP) is 3.38. The number of ether oxygens (including phenoxy) is 1. The zero-order valence-corrected chi connectivity index (χ0v) is 18.8. The maximum atomic E-state index is 13.3. The van der Waals surface area contributed by atoms with E-state index < -0.39 is 5.54 Å². The van der Waals surface area contributed by atoms with Gasteiger partial charge in [0, 0.05) is 36.2 Å². The molecule has 2 aromatic heterocycles. The third kappa shape index (κ3) is 3.43. The molecule has 2 N–H and O–H groups in total. The second kappa shape index (κ2) is 7.86. The summed E-state index contributed by atoms with van der Waals surface area (Å²) in [7, 11) is 0. The summed E-state index contributed by atoms with van der Waals surface area (Å²) in [6.07, 6.45) is 7.08. The van der Waals surface area contributed by atoms with Gasteiger partial charge in [0.25, 0.3) is 0 Å². The quantitative estimate of drug-likeness (QED) is 0.656. The zero-order chi connectivity index (χ0) is 22.5. The Kier molecular flexibility index (Phi) is 5.14. The van der Waals surface area contributed by atoms with E-state index in [1.165, 1.54) is 0 Å². The summed E-state index contributed by atoms with van der Waals surface area (Å²) in [5.74, 6) is 0.195. The monoisotopic (exact) mass is 452 g/mol. The molecule has 8 nitrogen and oxygen atoms in total. The van der Waals surface area contributed by atoms with Crippen molar-refractivity contribution in [2.45, 2.75) is 50.8 Å². The van der Waals surface area contributed by atoms with Crippen molar-refractivity contribution in [2.24, 2.45) is 10.7 Å². The van der Waals surface area contributed by atoms with Crippen LogP contribution in [-0.4, -0.2) is 50.1 Å². The lowest BCUT2D eigenvalue weighted by Crippen LogP contribution is -2.56. The van der Waals surface area contributed by atoms with Crippen molar-refractivity contribution < 1.29 is 9.53 Å². The molecule has 166 valence electrons. The molecular weight excluding hydrogens is 428 g/mol.